The van der Waals surface area contributed by atoms with E-state index < -0.39 is 24.0 Å². The standard InChI is InChI=1S/C17H15F4N5O.ClH/c18-12-5-14(23-8-12)16(27)24-7-10-9-26(25-15(10)6-22)13-3-1-11(2-4-13)17(19,20)21;/h1-4,9,12,14,23H,5,7-8H2,(H,24,27);1H/t12-,14+;/m1./s1. The minimum Gasteiger partial charge on any atom is -0.350 e. The number of nitrogens with zero attached hydrogens (tertiary/aromatic N) is 3. The van der Waals surface area contributed by atoms with Gasteiger partial charge in [0.15, 0.2) is 5.69 Å². The fourth-order valence-corrected chi connectivity index (χ4v) is 2.77. The third-order valence-corrected chi connectivity index (χ3v) is 4.20. The van der Waals surface area contributed by atoms with Gasteiger partial charge in [0.25, 0.3) is 0 Å². The Labute approximate surface area is 163 Å². The highest BCUT2D eigenvalue weighted by molar-refractivity contribution is 5.85. The Balaban J connectivity index is 0.00000280. The number of hydrogen-bond acceptors (Lipinski definition) is 4. The lowest BCUT2D eigenvalue weighted by Crippen LogP contribution is -2.40. The average Bonchev–Trinajstić information content (AvgIpc) is 3.25. The number of carbonyl (C=O) groups excluding carboxylic acids is 1. The highest BCUT2D eigenvalue weighted by Crippen LogP contribution is 2.29. The third kappa shape index (κ3) is 4.79. The summed E-state index contributed by atoms with van der Waals surface area (Å²) in [4.78, 5) is 12.0. The molecule has 0 saturated carbocycles. The molecule has 1 fully saturated rings. The zero-order valence-electron chi connectivity index (χ0n) is 14.3. The molecule has 1 saturated heterocycles. The normalized spacial score (nSPS) is 19.0. The van der Waals surface area contributed by atoms with Crippen LogP contribution in [-0.2, 0) is 17.5 Å². The smallest absolute Gasteiger partial charge is 0.350 e. The molecular formula is C17H16ClF4N5O. The molecule has 150 valence electrons. The number of nitriles is 1. The van der Waals surface area contributed by atoms with Crippen molar-refractivity contribution in [2.45, 2.75) is 31.4 Å². The molecule has 0 aliphatic carbocycles. The number of carbonyl (C=O) groups is 1. The van der Waals surface area contributed by atoms with Gasteiger partial charge in [-0.05, 0) is 24.3 Å². The topological polar surface area (TPSA) is 82.7 Å². The molecule has 3 rings (SSSR count). The molecule has 6 nitrogen and oxygen atoms in total. The van der Waals surface area contributed by atoms with Gasteiger partial charge in [-0.1, -0.05) is 0 Å². The van der Waals surface area contributed by atoms with Crippen molar-refractivity contribution in [3.05, 3.63) is 47.3 Å². The van der Waals surface area contributed by atoms with E-state index in [-0.39, 0.29) is 43.5 Å². The molecule has 0 radical (unpaired) electrons. The van der Waals surface area contributed by atoms with E-state index in [1.54, 1.807) is 0 Å². The number of alkyl halides is 4. The van der Waals surface area contributed by atoms with Gasteiger partial charge in [-0.2, -0.15) is 23.5 Å². The van der Waals surface area contributed by atoms with Crippen molar-refractivity contribution in [1.82, 2.24) is 20.4 Å². The quantitative estimate of drug-likeness (QED) is 0.749. The lowest BCUT2D eigenvalue weighted by atomic mass is 10.2. The van der Waals surface area contributed by atoms with Crippen LogP contribution in [0.3, 0.4) is 0 Å². The van der Waals surface area contributed by atoms with Crippen LogP contribution < -0.4 is 10.6 Å². The summed E-state index contributed by atoms with van der Waals surface area (Å²) in [5, 5.41) is 18.6. The van der Waals surface area contributed by atoms with Gasteiger partial charge in [-0.25, -0.2) is 9.07 Å². The highest BCUT2D eigenvalue weighted by atomic mass is 35.5. The summed E-state index contributed by atoms with van der Waals surface area (Å²) in [5.74, 6) is -0.388. The lowest BCUT2D eigenvalue weighted by molar-refractivity contribution is -0.137. The lowest BCUT2D eigenvalue weighted by Gasteiger charge is -2.10. The SMILES string of the molecule is Cl.N#Cc1nn(-c2ccc(C(F)(F)F)cc2)cc1CNC(=O)[C@@H]1C[C@@H](F)CN1. The Kier molecular flexibility index (Phi) is 6.64. The summed E-state index contributed by atoms with van der Waals surface area (Å²) >= 11 is 0. The second-order valence-corrected chi connectivity index (χ2v) is 6.12. The Bertz CT molecular complexity index is 875. The van der Waals surface area contributed by atoms with Crippen molar-refractivity contribution in [2.75, 3.05) is 6.54 Å². The molecule has 2 N–H and O–H groups in total. The summed E-state index contributed by atoms with van der Waals surface area (Å²) in [6.07, 6.45) is -3.97. The van der Waals surface area contributed by atoms with Crippen LogP contribution in [-0.4, -0.2) is 34.4 Å². The summed E-state index contributed by atoms with van der Waals surface area (Å²) in [6.45, 7) is 0.116. The highest BCUT2D eigenvalue weighted by Gasteiger charge is 2.30. The Morgan fingerprint density at radius 3 is 2.57 bits per heavy atom. The van der Waals surface area contributed by atoms with Crippen molar-refractivity contribution in [3.8, 4) is 11.8 Å². The molecule has 1 amide bonds. The number of amides is 1. The first kappa shape index (κ1) is 21.7. The van der Waals surface area contributed by atoms with Gasteiger partial charge >= 0.3 is 6.18 Å². The average molecular weight is 418 g/mol. The Morgan fingerprint density at radius 1 is 1.36 bits per heavy atom. The molecule has 28 heavy (non-hydrogen) atoms. The first-order valence-corrected chi connectivity index (χ1v) is 8.09. The maximum atomic E-state index is 13.1. The van der Waals surface area contributed by atoms with Crippen molar-refractivity contribution < 1.29 is 22.4 Å². The Morgan fingerprint density at radius 2 is 2.04 bits per heavy atom. The zero-order valence-corrected chi connectivity index (χ0v) is 15.1. The van der Waals surface area contributed by atoms with Crippen LogP contribution in [0.15, 0.2) is 30.5 Å². The Hall–Kier alpha value is -2.64. The van der Waals surface area contributed by atoms with Crippen LogP contribution in [0.5, 0.6) is 0 Å². The third-order valence-electron chi connectivity index (χ3n) is 4.20. The van der Waals surface area contributed by atoms with E-state index in [1.165, 1.54) is 23.0 Å². The summed E-state index contributed by atoms with van der Waals surface area (Å²) in [5.41, 5.74) is -0.00470. The van der Waals surface area contributed by atoms with Gasteiger partial charge in [-0.15, -0.1) is 12.4 Å². The first-order chi connectivity index (χ1) is 12.8. The van der Waals surface area contributed by atoms with E-state index >= 15 is 0 Å². The van der Waals surface area contributed by atoms with E-state index in [4.69, 9.17) is 0 Å². The van der Waals surface area contributed by atoms with E-state index in [0.29, 0.717) is 11.3 Å². The maximum Gasteiger partial charge on any atom is 0.416 e. The molecule has 2 atom stereocenters. The van der Waals surface area contributed by atoms with Crippen LogP contribution in [0.1, 0.15) is 23.2 Å². The molecule has 11 heteroatoms. The molecule has 2 aromatic rings. The monoisotopic (exact) mass is 417 g/mol. The molecule has 2 heterocycles. The van der Waals surface area contributed by atoms with E-state index in [9.17, 15) is 27.6 Å². The van der Waals surface area contributed by atoms with E-state index in [1.807, 2.05) is 6.07 Å². The molecule has 1 aromatic carbocycles. The minimum absolute atomic E-state index is 0. The van der Waals surface area contributed by atoms with Gasteiger partial charge in [0.2, 0.25) is 5.91 Å². The predicted molar refractivity (Wildman–Crippen MR) is 93.7 cm³/mol. The maximum absolute atomic E-state index is 13.1. The van der Waals surface area contributed by atoms with E-state index in [2.05, 4.69) is 15.7 Å². The summed E-state index contributed by atoms with van der Waals surface area (Å²) < 4.78 is 52.3. The second kappa shape index (κ2) is 8.58. The zero-order chi connectivity index (χ0) is 19.6. The van der Waals surface area contributed by atoms with Crippen LogP contribution in [0.4, 0.5) is 17.6 Å². The molecule has 1 aliphatic heterocycles. The van der Waals surface area contributed by atoms with Crippen molar-refractivity contribution in [1.29, 1.82) is 5.26 Å². The van der Waals surface area contributed by atoms with Crippen molar-refractivity contribution in [2.24, 2.45) is 0 Å². The van der Waals surface area contributed by atoms with Gasteiger partial charge in [0.1, 0.15) is 12.2 Å². The summed E-state index contributed by atoms with van der Waals surface area (Å²) in [7, 11) is 0. The first-order valence-electron chi connectivity index (χ1n) is 8.09. The number of benzene rings is 1. The molecule has 0 bridgehead atoms. The second-order valence-electron chi connectivity index (χ2n) is 6.12. The molecular weight excluding hydrogens is 402 g/mol. The number of rotatable bonds is 4. The van der Waals surface area contributed by atoms with Crippen molar-refractivity contribution >= 4 is 18.3 Å². The van der Waals surface area contributed by atoms with Crippen LogP contribution in [0.2, 0.25) is 0 Å². The van der Waals surface area contributed by atoms with Crippen molar-refractivity contribution in [3.63, 3.8) is 0 Å². The number of halogens is 5. The number of aromatic nitrogens is 2. The van der Waals surface area contributed by atoms with Gasteiger partial charge < -0.3 is 10.6 Å². The largest absolute Gasteiger partial charge is 0.416 e. The van der Waals surface area contributed by atoms with Crippen LogP contribution >= 0.6 is 12.4 Å². The fraction of sp³-hybridized carbons (Fsp3) is 0.353. The molecule has 1 aliphatic rings. The molecule has 0 unspecified atom stereocenters. The van der Waals surface area contributed by atoms with E-state index in [0.717, 1.165) is 12.1 Å². The van der Waals surface area contributed by atoms with Gasteiger partial charge in [0, 0.05) is 31.3 Å². The fourth-order valence-electron chi connectivity index (χ4n) is 2.77. The molecule has 1 aromatic heterocycles. The predicted octanol–water partition coefficient (Wildman–Crippen LogP) is 2.50. The van der Waals surface area contributed by atoms with Gasteiger partial charge in [-0.3, -0.25) is 4.79 Å². The van der Waals surface area contributed by atoms with Crippen LogP contribution in [0.25, 0.3) is 5.69 Å². The number of hydrogen-bond donors (Lipinski definition) is 2. The van der Waals surface area contributed by atoms with Crippen LogP contribution in [0, 0.1) is 11.3 Å². The van der Waals surface area contributed by atoms with Gasteiger partial charge in [0.05, 0.1) is 17.3 Å². The number of nitrogens with one attached hydrogen (secondary N) is 2. The minimum atomic E-state index is -4.44. The summed E-state index contributed by atoms with van der Waals surface area (Å²) in [6, 6.07) is 5.57. The molecule has 0 spiro atoms.